The third kappa shape index (κ3) is 116. The normalized spacial score (nSPS) is 7.38. The van der Waals surface area contributed by atoms with Crippen LogP contribution in [0.4, 0.5) is 4.70 Å². The van der Waals surface area contributed by atoms with Crippen molar-refractivity contribution in [3.8, 4) is 0 Å². The first-order valence-corrected chi connectivity index (χ1v) is 2.35. The molecule has 0 aliphatic heterocycles. The first-order valence-electron chi connectivity index (χ1n) is 0.783. The van der Waals surface area contributed by atoms with Crippen LogP contribution in [0.25, 0.3) is 0 Å². The van der Waals surface area contributed by atoms with Crippen LogP contribution in [0.1, 0.15) is 1.43 Å². The van der Waals surface area contributed by atoms with Gasteiger partial charge in [-0.3, -0.25) is 4.70 Å². The molecule has 0 amide bonds. The number of phosphoric acid groups is 1. The molecule has 8 heteroatoms. The van der Waals surface area contributed by atoms with Crippen LogP contribution in [0.5, 0.6) is 0 Å². The molecule has 0 unspecified atom stereocenters. The molecule has 0 aromatic rings. The van der Waals surface area contributed by atoms with Gasteiger partial charge in [0.1, 0.15) is 0 Å². The van der Waals surface area contributed by atoms with E-state index in [9.17, 15) is 0 Å². The minimum absolute atomic E-state index is 0. The molecule has 0 spiro atoms. The predicted octanol–water partition coefficient (Wildman–Crippen LogP) is -4.04. The van der Waals surface area contributed by atoms with E-state index < -0.39 is 7.82 Å². The van der Waals surface area contributed by atoms with E-state index in [4.69, 9.17) is 19.2 Å². The second kappa shape index (κ2) is 8.74. The molecule has 45 valence electrons. The molecule has 0 saturated carbocycles. The molecule has 3 radical (unpaired) electrons. The smallest absolute Gasteiger partial charge is 1.00 e. The van der Waals surface area contributed by atoms with Crippen LogP contribution in [-0.4, -0.2) is 23.1 Å². The van der Waals surface area contributed by atoms with E-state index in [1.54, 1.807) is 0 Å². The summed E-state index contributed by atoms with van der Waals surface area (Å²) in [4.78, 5) is 21.6. The molecule has 3 N–H and O–H groups in total. The Kier molecular flexibility index (Phi) is 24.7. The van der Waals surface area contributed by atoms with Crippen molar-refractivity contribution < 1.29 is 76.8 Å². The second-order valence-electron chi connectivity index (χ2n) is 0.513. The van der Waals surface area contributed by atoms with Crippen molar-refractivity contribution in [2.24, 2.45) is 0 Å². The van der Waals surface area contributed by atoms with Gasteiger partial charge in [-0.1, -0.05) is 0 Å². The number of halogens is 1. The maximum Gasteiger partial charge on any atom is 1.00 e. The molecule has 0 heterocycles. The molecule has 0 saturated heterocycles. The maximum absolute atomic E-state index is 8.88. The summed E-state index contributed by atoms with van der Waals surface area (Å²) in [5, 5.41) is 0. The molecule has 0 atom stereocenters. The maximum atomic E-state index is 8.88. The van der Waals surface area contributed by atoms with Crippen LogP contribution < -0.4 is 51.4 Å². The zero-order valence-corrected chi connectivity index (χ0v) is 8.20. The van der Waals surface area contributed by atoms with Crippen LogP contribution in [0, 0.1) is 0 Å². The minimum atomic E-state index is -4.64. The van der Waals surface area contributed by atoms with Crippen LogP contribution in [0.2, 0.25) is 0 Å². The van der Waals surface area contributed by atoms with E-state index in [1.807, 2.05) is 0 Å². The zero-order chi connectivity index (χ0) is 4.50. The van der Waals surface area contributed by atoms with Crippen molar-refractivity contribution in [2.75, 3.05) is 0 Å². The standard InChI is InChI=1S/B.FH.K.H3O4P.H/c;;;1-5(2,3)4;/h;1H;;(H3,1,2,3,4);/q;;+1;;-1. The van der Waals surface area contributed by atoms with Crippen molar-refractivity contribution >= 4 is 16.2 Å². The number of hydrogen-bond donors (Lipinski definition) is 3. The van der Waals surface area contributed by atoms with Gasteiger partial charge in [-0.05, 0) is 0 Å². The third-order valence-electron chi connectivity index (χ3n) is 0. The molecule has 0 fully saturated rings. The Balaban J connectivity index is -0.0000000133. The van der Waals surface area contributed by atoms with E-state index in [-0.39, 0.29) is 65.9 Å². The summed E-state index contributed by atoms with van der Waals surface area (Å²) in [6.07, 6.45) is 0. The van der Waals surface area contributed by atoms with Gasteiger partial charge in [0.05, 0.1) is 0 Å². The van der Waals surface area contributed by atoms with Gasteiger partial charge >= 0.3 is 59.2 Å². The molecule has 0 aromatic carbocycles. The first-order chi connectivity index (χ1) is 2.00. The summed E-state index contributed by atoms with van der Waals surface area (Å²) in [6, 6.07) is 0. The van der Waals surface area contributed by atoms with Crippen molar-refractivity contribution in [1.29, 1.82) is 0 Å². The first kappa shape index (κ1) is 22.6. The van der Waals surface area contributed by atoms with E-state index >= 15 is 0 Å². The largest absolute Gasteiger partial charge is 1.00 e. The molecule has 0 bridgehead atoms. The van der Waals surface area contributed by atoms with Crippen molar-refractivity contribution in [2.45, 2.75) is 0 Å². The van der Waals surface area contributed by atoms with Gasteiger partial charge in [0.15, 0.2) is 0 Å². The Morgan fingerprint density at radius 3 is 1.25 bits per heavy atom. The molecule has 8 heavy (non-hydrogen) atoms. The Labute approximate surface area is 91.8 Å². The zero-order valence-electron chi connectivity index (χ0n) is 5.18. The number of rotatable bonds is 0. The fraction of sp³-hybridized carbons (Fsp3) is 0. The minimum Gasteiger partial charge on any atom is -1.00 e. The van der Waals surface area contributed by atoms with E-state index in [0.29, 0.717) is 0 Å². The van der Waals surface area contributed by atoms with Crippen molar-refractivity contribution in [3.63, 3.8) is 0 Å². The SMILES string of the molecule is F.O=P(O)(O)O.[B].[H-].[K+]. The fourth-order valence-corrected chi connectivity index (χ4v) is 0. The summed E-state index contributed by atoms with van der Waals surface area (Å²) >= 11 is 0. The van der Waals surface area contributed by atoms with E-state index in [0.717, 1.165) is 0 Å². The molecule has 4 nitrogen and oxygen atoms in total. The topological polar surface area (TPSA) is 77.8 Å². The molecule has 0 aliphatic carbocycles. The average molecular weight is 169 g/mol. The Morgan fingerprint density at radius 1 is 1.25 bits per heavy atom. The quantitative estimate of drug-likeness (QED) is 0.255. The number of hydrogen-bond acceptors (Lipinski definition) is 1. The molecule has 0 aromatic heterocycles. The van der Waals surface area contributed by atoms with Gasteiger partial charge in [-0.2, -0.15) is 0 Å². The van der Waals surface area contributed by atoms with Gasteiger partial charge in [-0.25, -0.2) is 4.57 Å². The molecule has 0 rings (SSSR count). The van der Waals surface area contributed by atoms with E-state index in [2.05, 4.69) is 0 Å². The van der Waals surface area contributed by atoms with E-state index in [1.165, 1.54) is 0 Å². The van der Waals surface area contributed by atoms with Crippen LogP contribution in [-0.2, 0) is 4.57 Å². The monoisotopic (exact) mass is 169 g/mol. The Bertz CT molecular complexity index is 66.7. The van der Waals surface area contributed by atoms with Gasteiger partial charge < -0.3 is 16.1 Å². The predicted molar refractivity (Wildman–Crippen MR) is 23.6 cm³/mol. The van der Waals surface area contributed by atoms with Crippen LogP contribution in [0.3, 0.4) is 0 Å². The van der Waals surface area contributed by atoms with Gasteiger partial charge in [-0.15, -0.1) is 0 Å². The third-order valence-corrected chi connectivity index (χ3v) is 0. The van der Waals surface area contributed by atoms with Crippen molar-refractivity contribution in [3.05, 3.63) is 0 Å². The van der Waals surface area contributed by atoms with Crippen molar-refractivity contribution in [1.82, 2.24) is 0 Å². The second-order valence-corrected chi connectivity index (χ2v) is 1.54. The Morgan fingerprint density at radius 2 is 1.25 bits per heavy atom. The average Bonchev–Trinajstić information content (AvgIpc) is 0.722. The fourth-order valence-electron chi connectivity index (χ4n) is 0. The van der Waals surface area contributed by atoms with Crippen LogP contribution in [0.15, 0.2) is 0 Å². The summed E-state index contributed by atoms with van der Waals surface area (Å²) < 4.78 is 8.88. The summed E-state index contributed by atoms with van der Waals surface area (Å²) in [6.45, 7) is 0. The molecule has 0 aliphatic rings. The van der Waals surface area contributed by atoms with Gasteiger partial charge in [0.25, 0.3) is 0 Å². The summed E-state index contributed by atoms with van der Waals surface area (Å²) in [5.41, 5.74) is 0. The van der Waals surface area contributed by atoms with Crippen LogP contribution >= 0.6 is 7.82 Å². The summed E-state index contributed by atoms with van der Waals surface area (Å²) in [7, 11) is -4.64. The Hall–Kier alpha value is 1.74. The summed E-state index contributed by atoms with van der Waals surface area (Å²) in [5.74, 6) is 0. The molecular weight excluding hydrogens is 164 g/mol. The van der Waals surface area contributed by atoms with Gasteiger partial charge in [0.2, 0.25) is 0 Å². The van der Waals surface area contributed by atoms with Gasteiger partial charge in [0, 0.05) is 8.41 Å². The molecular formula is H5BFKO4P.